The van der Waals surface area contributed by atoms with E-state index >= 15 is 0 Å². The van der Waals surface area contributed by atoms with Gasteiger partial charge in [-0.15, -0.1) is 0 Å². The molecule has 2 aliphatic rings. The molecule has 0 bridgehead atoms. The molecule has 7 heteroatoms. The van der Waals surface area contributed by atoms with E-state index in [2.05, 4.69) is 34.3 Å². The number of likely N-dealkylation sites (N-methyl/N-ethyl adjacent to an activating group) is 1. The summed E-state index contributed by atoms with van der Waals surface area (Å²) in [4.78, 5) is 32.0. The Kier molecular flexibility index (Phi) is 6.34. The summed E-state index contributed by atoms with van der Waals surface area (Å²) in [6.07, 6.45) is 0. The lowest BCUT2D eigenvalue weighted by atomic mass is 10.0. The number of ether oxygens (including phenoxy) is 1. The van der Waals surface area contributed by atoms with E-state index in [-0.39, 0.29) is 18.4 Å². The molecule has 1 fully saturated rings. The van der Waals surface area contributed by atoms with Gasteiger partial charge in [0.1, 0.15) is 5.70 Å². The van der Waals surface area contributed by atoms with E-state index in [1.807, 2.05) is 42.5 Å². The first-order valence-corrected chi connectivity index (χ1v) is 10.5. The van der Waals surface area contributed by atoms with Crippen LogP contribution in [0.25, 0.3) is 5.57 Å². The molecule has 7 nitrogen and oxygen atoms in total. The zero-order chi connectivity index (χ0) is 21.8. The molecule has 0 spiro atoms. The Bertz CT molecular complexity index is 964. The molecule has 1 saturated heterocycles. The topological polar surface area (TPSA) is 65.1 Å². The molecule has 0 saturated carbocycles. The normalized spacial score (nSPS) is 17.6. The van der Waals surface area contributed by atoms with Crippen molar-refractivity contribution >= 4 is 28.8 Å². The van der Waals surface area contributed by atoms with Crippen molar-refractivity contribution in [3.8, 4) is 0 Å². The number of piperazine rings is 1. The van der Waals surface area contributed by atoms with Crippen molar-refractivity contribution in [3.05, 3.63) is 65.9 Å². The van der Waals surface area contributed by atoms with Gasteiger partial charge in [-0.2, -0.15) is 0 Å². The second-order valence-electron chi connectivity index (χ2n) is 7.83. The van der Waals surface area contributed by atoms with E-state index in [0.29, 0.717) is 17.9 Å². The van der Waals surface area contributed by atoms with Gasteiger partial charge in [-0.3, -0.25) is 14.5 Å². The highest BCUT2D eigenvalue weighted by Gasteiger charge is 2.38. The van der Waals surface area contributed by atoms with Crippen LogP contribution in [0.3, 0.4) is 0 Å². The maximum Gasteiger partial charge on any atom is 0.278 e. The Balaban J connectivity index is 1.58. The van der Waals surface area contributed by atoms with Gasteiger partial charge in [0.25, 0.3) is 11.8 Å². The minimum Gasteiger partial charge on any atom is -0.383 e. The molecule has 2 heterocycles. The van der Waals surface area contributed by atoms with E-state index in [0.717, 1.165) is 43.1 Å². The van der Waals surface area contributed by atoms with E-state index in [4.69, 9.17) is 4.74 Å². The minimum absolute atomic E-state index is 0.220. The van der Waals surface area contributed by atoms with Gasteiger partial charge in [-0.05, 0) is 36.9 Å². The predicted molar refractivity (Wildman–Crippen MR) is 122 cm³/mol. The lowest BCUT2D eigenvalue weighted by Gasteiger charge is -2.34. The number of anilines is 2. The van der Waals surface area contributed by atoms with Gasteiger partial charge < -0.3 is 19.9 Å². The predicted octanol–water partition coefficient (Wildman–Crippen LogP) is 2.28. The largest absolute Gasteiger partial charge is 0.383 e. The van der Waals surface area contributed by atoms with Gasteiger partial charge in [0.2, 0.25) is 0 Å². The molecule has 0 aromatic heterocycles. The monoisotopic (exact) mass is 420 g/mol. The molecule has 0 aliphatic carbocycles. The molecule has 2 aliphatic heterocycles. The zero-order valence-electron chi connectivity index (χ0n) is 18.0. The Morgan fingerprint density at radius 3 is 2.23 bits per heavy atom. The van der Waals surface area contributed by atoms with Crippen molar-refractivity contribution in [2.75, 3.05) is 63.7 Å². The summed E-state index contributed by atoms with van der Waals surface area (Å²) in [5, 5.41) is 3.21. The summed E-state index contributed by atoms with van der Waals surface area (Å²) in [5.41, 5.74) is 3.35. The highest BCUT2D eigenvalue weighted by Crippen LogP contribution is 2.31. The standard InChI is InChI=1S/C24H28N4O3/c1-26-12-14-27(15-13-26)20-10-8-19(9-11-20)25-22-21(18-6-4-3-5-7-18)23(29)28(24(22)30)16-17-31-2/h3-11,25H,12-17H2,1-2H3. The number of imide groups is 1. The van der Waals surface area contributed by atoms with Gasteiger partial charge in [0, 0.05) is 44.7 Å². The average Bonchev–Trinajstić information content (AvgIpc) is 3.03. The van der Waals surface area contributed by atoms with Crippen LogP contribution >= 0.6 is 0 Å². The zero-order valence-corrected chi connectivity index (χ0v) is 18.0. The maximum atomic E-state index is 13.1. The van der Waals surface area contributed by atoms with Crippen LogP contribution in [-0.2, 0) is 14.3 Å². The number of benzene rings is 2. The van der Waals surface area contributed by atoms with Crippen molar-refractivity contribution in [2.45, 2.75) is 0 Å². The SMILES string of the molecule is COCCN1C(=O)C(Nc2ccc(N3CCN(C)CC3)cc2)=C(c2ccccc2)C1=O. The van der Waals surface area contributed by atoms with E-state index < -0.39 is 0 Å². The number of methoxy groups -OCH3 is 1. The minimum atomic E-state index is -0.330. The first-order valence-electron chi connectivity index (χ1n) is 10.5. The lowest BCUT2D eigenvalue weighted by Crippen LogP contribution is -2.44. The van der Waals surface area contributed by atoms with E-state index in [1.54, 1.807) is 7.11 Å². The average molecular weight is 421 g/mol. The van der Waals surface area contributed by atoms with Crippen molar-refractivity contribution in [1.82, 2.24) is 9.80 Å². The van der Waals surface area contributed by atoms with Crippen LogP contribution in [0, 0.1) is 0 Å². The number of nitrogens with one attached hydrogen (secondary N) is 1. The molecule has 0 radical (unpaired) electrons. The van der Waals surface area contributed by atoms with E-state index in [1.165, 1.54) is 4.90 Å². The molecular formula is C24H28N4O3. The van der Waals surface area contributed by atoms with Crippen LogP contribution in [-0.4, -0.2) is 75.1 Å². The number of carbonyl (C=O) groups excluding carboxylic acids is 2. The van der Waals surface area contributed by atoms with Gasteiger partial charge >= 0.3 is 0 Å². The summed E-state index contributed by atoms with van der Waals surface area (Å²) in [5.74, 6) is -0.631. The molecule has 0 unspecified atom stereocenters. The first kappa shape index (κ1) is 21.1. The molecule has 162 valence electrons. The van der Waals surface area contributed by atoms with Gasteiger partial charge in [-0.1, -0.05) is 30.3 Å². The fourth-order valence-electron chi connectivity index (χ4n) is 3.91. The van der Waals surface area contributed by atoms with Crippen LogP contribution in [0.2, 0.25) is 0 Å². The number of nitrogens with zero attached hydrogens (tertiary/aromatic N) is 3. The lowest BCUT2D eigenvalue weighted by molar-refractivity contribution is -0.137. The number of hydrogen-bond donors (Lipinski definition) is 1. The second-order valence-corrected chi connectivity index (χ2v) is 7.83. The number of carbonyl (C=O) groups is 2. The summed E-state index contributed by atoms with van der Waals surface area (Å²) in [6.45, 7) is 4.59. The number of amides is 2. The van der Waals surface area contributed by atoms with Gasteiger partial charge in [0.05, 0.1) is 18.7 Å². The van der Waals surface area contributed by atoms with Crippen molar-refractivity contribution in [2.24, 2.45) is 0 Å². The number of rotatable bonds is 7. The van der Waals surface area contributed by atoms with Crippen LogP contribution in [0.5, 0.6) is 0 Å². The summed E-state index contributed by atoms with van der Waals surface area (Å²) < 4.78 is 5.08. The van der Waals surface area contributed by atoms with Crippen LogP contribution in [0.1, 0.15) is 5.56 Å². The molecular weight excluding hydrogens is 392 g/mol. The Morgan fingerprint density at radius 1 is 0.903 bits per heavy atom. The highest BCUT2D eigenvalue weighted by molar-refractivity contribution is 6.36. The van der Waals surface area contributed by atoms with Gasteiger partial charge in [0.15, 0.2) is 0 Å². The van der Waals surface area contributed by atoms with Gasteiger partial charge in [-0.25, -0.2) is 0 Å². The number of hydrogen-bond acceptors (Lipinski definition) is 6. The Labute approximate surface area is 182 Å². The fraction of sp³-hybridized carbons (Fsp3) is 0.333. The first-order chi connectivity index (χ1) is 15.1. The summed E-state index contributed by atoms with van der Waals surface area (Å²) in [6, 6.07) is 17.3. The van der Waals surface area contributed by atoms with Crippen LogP contribution in [0.15, 0.2) is 60.3 Å². The van der Waals surface area contributed by atoms with Crippen molar-refractivity contribution in [3.63, 3.8) is 0 Å². The molecule has 0 atom stereocenters. The quantitative estimate of drug-likeness (QED) is 0.694. The van der Waals surface area contributed by atoms with Crippen LogP contribution in [0.4, 0.5) is 11.4 Å². The van der Waals surface area contributed by atoms with E-state index in [9.17, 15) is 9.59 Å². The summed E-state index contributed by atoms with van der Waals surface area (Å²) in [7, 11) is 3.69. The molecule has 2 aromatic rings. The molecule has 2 amide bonds. The fourth-order valence-corrected chi connectivity index (χ4v) is 3.91. The molecule has 31 heavy (non-hydrogen) atoms. The smallest absolute Gasteiger partial charge is 0.278 e. The third-order valence-electron chi connectivity index (χ3n) is 5.75. The third kappa shape index (κ3) is 4.47. The third-order valence-corrected chi connectivity index (χ3v) is 5.75. The Hall–Kier alpha value is -3.16. The highest BCUT2D eigenvalue weighted by atomic mass is 16.5. The van der Waals surface area contributed by atoms with Crippen molar-refractivity contribution in [1.29, 1.82) is 0 Å². The van der Waals surface area contributed by atoms with Crippen molar-refractivity contribution < 1.29 is 14.3 Å². The molecule has 1 N–H and O–H groups in total. The second kappa shape index (κ2) is 9.32. The van der Waals surface area contributed by atoms with Crippen LogP contribution < -0.4 is 10.2 Å². The molecule has 4 rings (SSSR count). The maximum absolute atomic E-state index is 13.1. The Morgan fingerprint density at radius 2 is 1.58 bits per heavy atom. The summed E-state index contributed by atoms with van der Waals surface area (Å²) >= 11 is 0. The molecule has 2 aromatic carbocycles.